The zero-order chi connectivity index (χ0) is 16.8. The van der Waals surface area contributed by atoms with Gasteiger partial charge in [-0.25, -0.2) is 4.79 Å². The summed E-state index contributed by atoms with van der Waals surface area (Å²) < 4.78 is 5.11. The van der Waals surface area contributed by atoms with E-state index in [1.165, 1.54) is 4.88 Å². The van der Waals surface area contributed by atoms with Crippen molar-refractivity contribution in [2.75, 3.05) is 11.9 Å². The minimum absolute atomic E-state index is 0.143. The largest absolute Gasteiger partial charge is 0.472 e. The molecule has 24 heavy (non-hydrogen) atoms. The van der Waals surface area contributed by atoms with E-state index in [2.05, 4.69) is 11.4 Å². The smallest absolute Gasteiger partial charge is 0.322 e. The van der Waals surface area contributed by atoms with Gasteiger partial charge in [-0.3, -0.25) is 0 Å². The third-order valence-electron chi connectivity index (χ3n) is 3.54. The van der Waals surface area contributed by atoms with Crippen LogP contribution in [0.3, 0.4) is 0 Å². The van der Waals surface area contributed by atoms with Gasteiger partial charge in [-0.05, 0) is 48.2 Å². The Kier molecular flexibility index (Phi) is 5.56. The molecule has 0 atom stereocenters. The van der Waals surface area contributed by atoms with Crippen molar-refractivity contribution in [3.05, 3.63) is 75.8 Å². The van der Waals surface area contributed by atoms with Gasteiger partial charge in [0.25, 0.3) is 0 Å². The number of halogens is 1. The lowest BCUT2D eigenvalue weighted by Gasteiger charge is -2.22. The van der Waals surface area contributed by atoms with Crippen molar-refractivity contribution >= 4 is 34.7 Å². The quantitative estimate of drug-likeness (QED) is 0.650. The Labute approximate surface area is 149 Å². The van der Waals surface area contributed by atoms with Crippen molar-refractivity contribution < 1.29 is 9.21 Å². The summed E-state index contributed by atoms with van der Waals surface area (Å²) in [6.45, 7) is 1.13. The number of nitrogens with zero attached hydrogens (tertiary/aromatic N) is 1. The molecule has 0 bridgehead atoms. The van der Waals surface area contributed by atoms with E-state index < -0.39 is 0 Å². The van der Waals surface area contributed by atoms with Crippen LogP contribution in [0.4, 0.5) is 10.5 Å². The fraction of sp³-hybridized carbons (Fsp3) is 0.167. The Bertz CT molecular complexity index is 755. The molecule has 3 aromatic rings. The van der Waals surface area contributed by atoms with Gasteiger partial charge < -0.3 is 14.6 Å². The lowest BCUT2D eigenvalue weighted by Crippen LogP contribution is -2.35. The fourth-order valence-electron chi connectivity index (χ4n) is 2.29. The number of thiophene rings is 1. The SMILES string of the molecule is O=C(Nc1ccc(Cl)cc1)N(CCc1cccs1)Cc1ccoc1. The first-order valence-corrected chi connectivity index (χ1v) is 8.81. The highest BCUT2D eigenvalue weighted by molar-refractivity contribution is 7.09. The highest BCUT2D eigenvalue weighted by Crippen LogP contribution is 2.16. The van der Waals surface area contributed by atoms with Crippen LogP contribution in [0.15, 0.2) is 64.8 Å². The van der Waals surface area contributed by atoms with Gasteiger partial charge in [0.15, 0.2) is 0 Å². The first-order chi connectivity index (χ1) is 11.7. The zero-order valence-corrected chi connectivity index (χ0v) is 14.5. The van der Waals surface area contributed by atoms with E-state index in [0.29, 0.717) is 18.1 Å². The fourth-order valence-corrected chi connectivity index (χ4v) is 3.12. The highest BCUT2D eigenvalue weighted by atomic mass is 35.5. The molecule has 2 heterocycles. The van der Waals surface area contributed by atoms with Crippen LogP contribution >= 0.6 is 22.9 Å². The average molecular weight is 361 g/mol. The van der Waals surface area contributed by atoms with Gasteiger partial charge in [0, 0.05) is 27.7 Å². The maximum absolute atomic E-state index is 12.6. The number of carbonyl (C=O) groups excluding carboxylic acids is 1. The summed E-state index contributed by atoms with van der Waals surface area (Å²) in [4.78, 5) is 15.7. The van der Waals surface area contributed by atoms with E-state index in [0.717, 1.165) is 17.7 Å². The first kappa shape index (κ1) is 16.6. The van der Waals surface area contributed by atoms with Crippen LogP contribution in [0.25, 0.3) is 0 Å². The number of urea groups is 1. The van der Waals surface area contributed by atoms with Gasteiger partial charge in [-0.1, -0.05) is 17.7 Å². The van der Waals surface area contributed by atoms with Crippen LogP contribution in [-0.2, 0) is 13.0 Å². The molecule has 1 N–H and O–H groups in total. The molecule has 2 aromatic heterocycles. The molecule has 0 unspecified atom stereocenters. The summed E-state index contributed by atoms with van der Waals surface area (Å²) in [5, 5.41) is 5.60. The molecule has 4 nitrogen and oxygen atoms in total. The standard InChI is InChI=1S/C18H17ClN2O2S/c19-15-3-5-16(6-4-15)20-18(22)21(12-14-8-10-23-13-14)9-7-17-2-1-11-24-17/h1-6,8,10-11,13H,7,9,12H2,(H,20,22). The molecular formula is C18H17ClN2O2S. The Balaban J connectivity index is 1.67. The lowest BCUT2D eigenvalue weighted by atomic mass is 10.2. The van der Waals surface area contributed by atoms with E-state index in [1.54, 1.807) is 53.0 Å². The summed E-state index contributed by atoms with van der Waals surface area (Å²) in [6.07, 6.45) is 4.10. The number of rotatable bonds is 6. The Morgan fingerprint density at radius 2 is 2.04 bits per heavy atom. The van der Waals surface area contributed by atoms with Crippen LogP contribution in [0.2, 0.25) is 5.02 Å². The predicted molar refractivity (Wildman–Crippen MR) is 97.6 cm³/mol. The van der Waals surface area contributed by atoms with E-state index in [9.17, 15) is 4.79 Å². The molecule has 0 spiro atoms. The molecule has 1 aromatic carbocycles. The second-order valence-corrected chi connectivity index (χ2v) is 6.79. The topological polar surface area (TPSA) is 45.5 Å². The molecule has 124 valence electrons. The van der Waals surface area contributed by atoms with Gasteiger partial charge in [0.05, 0.1) is 19.1 Å². The van der Waals surface area contributed by atoms with Gasteiger partial charge >= 0.3 is 6.03 Å². The van der Waals surface area contributed by atoms with Gasteiger partial charge in [0.2, 0.25) is 0 Å². The predicted octanol–water partition coefficient (Wildman–Crippen LogP) is 5.27. The van der Waals surface area contributed by atoms with Gasteiger partial charge in [-0.15, -0.1) is 11.3 Å². The molecule has 0 saturated carbocycles. The number of furan rings is 1. The number of benzene rings is 1. The van der Waals surface area contributed by atoms with Crippen molar-refractivity contribution in [2.24, 2.45) is 0 Å². The summed E-state index contributed by atoms with van der Waals surface area (Å²) in [7, 11) is 0. The van der Waals surface area contributed by atoms with Crippen molar-refractivity contribution in [1.29, 1.82) is 0 Å². The number of carbonyl (C=O) groups is 1. The molecule has 6 heteroatoms. The molecule has 3 rings (SSSR count). The van der Waals surface area contributed by atoms with Crippen LogP contribution in [0.1, 0.15) is 10.4 Å². The minimum Gasteiger partial charge on any atom is -0.472 e. The van der Waals surface area contributed by atoms with Gasteiger partial charge in [0.1, 0.15) is 0 Å². The number of amides is 2. The zero-order valence-electron chi connectivity index (χ0n) is 12.9. The number of nitrogens with one attached hydrogen (secondary N) is 1. The average Bonchev–Trinajstić information content (AvgIpc) is 3.27. The Hall–Kier alpha value is -2.24. The minimum atomic E-state index is -0.143. The number of hydrogen-bond acceptors (Lipinski definition) is 3. The first-order valence-electron chi connectivity index (χ1n) is 7.55. The van der Waals surface area contributed by atoms with Crippen LogP contribution in [0.5, 0.6) is 0 Å². The Morgan fingerprint density at radius 3 is 2.71 bits per heavy atom. The van der Waals surface area contributed by atoms with Crippen molar-refractivity contribution in [2.45, 2.75) is 13.0 Å². The third kappa shape index (κ3) is 4.63. The van der Waals surface area contributed by atoms with E-state index in [1.807, 2.05) is 17.5 Å². The van der Waals surface area contributed by atoms with Crippen molar-refractivity contribution in [3.63, 3.8) is 0 Å². The Morgan fingerprint density at radius 1 is 1.21 bits per heavy atom. The van der Waals surface area contributed by atoms with Crippen LogP contribution in [0, 0.1) is 0 Å². The molecule has 2 amide bonds. The number of hydrogen-bond donors (Lipinski definition) is 1. The maximum atomic E-state index is 12.6. The van der Waals surface area contributed by atoms with E-state index >= 15 is 0 Å². The summed E-state index contributed by atoms with van der Waals surface area (Å²) in [5.41, 5.74) is 1.69. The molecular weight excluding hydrogens is 344 g/mol. The normalized spacial score (nSPS) is 10.5. The second kappa shape index (κ2) is 8.04. The highest BCUT2D eigenvalue weighted by Gasteiger charge is 2.15. The molecule has 0 saturated heterocycles. The monoisotopic (exact) mass is 360 g/mol. The molecule has 0 radical (unpaired) electrons. The molecule has 0 fully saturated rings. The number of anilines is 1. The lowest BCUT2D eigenvalue weighted by molar-refractivity contribution is 0.210. The molecule has 0 aliphatic heterocycles. The van der Waals surface area contributed by atoms with Crippen molar-refractivity contribution in [1.82, 2.24) is 4.90 Å². The summed E-state index contributed by atoms with van der Waals surface area (Å²) >= 11 is 7.58. The summed E-state index contributed by atoms with van der Waals surface area (Å²) in [6, 6.07) is 12.9. The van der Waals surface area contributed by atoms with Crippen LogP contribution in [-0.4, -0.2) is 17.5 Å². The maximum Gasteiger partial charge on any atom is 0.322 e. The second-order valence-electron chi connectivity index (χ2n) is 5.32. The van der Waals surface area contributed by atoms with E-state index in [4.69, 9.17) is 16.0 Å². The van der Waals surface area contributed by atoms with E-state index in [-0.39, 0.29) is 6.03 Å². The third-order valence-corrected chi connectivity index (χ3v) is 4.73. The molecule has 0 aliphatic carbocycles. The molecule has 0 aliphatic rings. The van der Waals surface area contributed by atoms with Crippen molar-refractivity contribution in [3.8, 4) is 0 Å². The van der Waals surface area contributed by atoms with Gasteiger partial charge in [-0.2, -0.15) is 0 Å². The summed E-state index contributed by atoms with van der Waals surface area (Å²) in [5.74, 6) is 0. The van der Waals surface area contributed by atoms with Crippen LogP contribution < -0.4 is 5.32 Å².